The largest absolute Gasteiger partial charge is 0.507 e. The molecule has 0 unspecified atom stereocenters. The molecule has 32 heavy (non-hydrogen) atoms. The summed E-state index contributed by atoms with van der Waals surface area (Å²) in [6, 6.07) is 11.1. The molecular formula is C23H24ClN3O5. The number of non-ortho nitro benzene ring substituents is 1. The first-order valence-electron chi connectivity index (χ1n) is 10.3. The second kappa shape index (κ2) is 9.93. The maximum Gasteiger partial charge on any atom is 0.295 e. The molecule has 1 N–H and O–H groups in total. The van der Waals surface area contributed by atoms with E-state index in [1.54, 1.807) is 30.3 Å². The van der Waals surface area contributed by atoms with Crippen molar-refractivity contribution >= 4 is 34.7 Å². The van der Waals surface area contributed by atoms with Gasteiger partial charge in [0.15, 0.2) is 0 Å². The van der Waals surface area contributed by atoms with Gasteiger partial charge in [-0.25, -0.2) is 0 Å². The van der Waals surface area contributed by atoms with Gasteiger partial charge in [-0.05, 0) is 42.9 Å². The zero-order valence-corrected chi connectivity index (χ0v) is 18.6. The van der Waals surface area contributed by atoms with Crippen molar-refractivity contribution in [1.29, 1.82) is 0 Å². The second-order valence-corrected chi connectivity index (χ2v) is 7.81. The quantitative estimate of drug-likeness (QED) is 0.211. The van der Waals surface area contributed by atoms with E-state index in [4.69, 9.17) is 11.6 Å². The van der Waals surface area contributed by atoms with Gasteiger partial charge in [0.05, 0.1) is 16.5 Å². The summed E-state index contributed by atoms with van der Waals surface area (Å²) >= 11 is 5.93. The van der Waals surface area contributed by atoms with Crippen molar-refractivity contribution in [3.63, 3.8) is 0 Å². The molecule has 0 aliphatic carbocycles. The molecule has 2 aromatic carbocycles. The number of hydrogen-bond donors (Lipinski definition) is 1. The molecule has 0 spiro atoms. The van der Waals surface area contributed by atoms with Gasteiger partial charge in [-0.2, -0.15) is 0 Å². The number of nitrogens with zero attached hydrogens (tertiary/aromatic N) is 3. The van der Waals surface area contributed by atoms with E-state index in [-0.39, 0.29) is 23.6 Å². The average molecular weight is 458 g/mol. The maximum atomic E-state index is 13.0. The monoisotopic (exact) mass is 457 g/mol. The van der Waals surface area contributed by atoms with Gasteiger partial charge in [0.1, 0.15) is 5.76 Å². The molecule has 0 bridgehead atoms. The third kappa shape index (κ3) is 4.66. The van der Waals surface area contributed by atoms with Crippen molar-refractivity contribution in [2.75, 3.05) is 26.2 Å². The van der Waals surface area contributed by atoms with Crippen molar-refractivity contribution in [3.05, 3.63) is 80.4 Å². The molecule has 1 fully saturated rings. The summed E-state index contributed by atoms with van der Waals surface area (Å²) in [5.41, 5.74) is 0.445. The van der Waals surface area contributed by atoms with E-state index in [0.29, 0.717) is 22.7 Å². The Kier molecular flexibility index (Phi) is 7.27. The summed E-state index contributed by atoms with van der Waals surface area (Å²) in [5.74, 6) is -1.92. The number of carbonyl (C=O) groups excluding carboxylic acids is 2. The fourth-order valence-electron chi connectivity index (χ4n) is 3.82. The molecule has 2 aromatic rings. The number of nitro groups is 1. The molecule has 1 aliphatic heterocycles. The number of halogens is 1. The zero-order chi connectivity index (χ0) is 23.4. The number of Topliss-reactive ketones (excluding diaryl/α,β-unsaturated/α-hetero) is 1. The molecule has 0 aromatic heterocycles. The van der Waals surface area contributed by atoms with E-state index >= 15 is 0 Å². The Labute approximate surface area is 190 Å². The Morgan fingerprint density at radius 2 is 1.81 bits per heavy atom. The van der Waals surface area contributed by atoms with Gasteiger partial charge in [0, 0.05) is 35.8 Å². The van der Waals surface area contributed by atoms with Crippen LogP contribution in [0.4, 0.5) is 5.69 Å². The van der Waals surface area contributed by atoms with Crippen LogP contribution < -0.4 is 0 Å². The van der Waals surface area contributed by atoms with Gasteiger partial charge >= 0.3 is 0 Å². The predicted molar refractivity (Wildman–Crippen MR) is 121 cm³/mol. The number of likely N-dealkylation sites (N-methyl/N-ethyl adjacent to an activating group) is 1. The van der Waals surface area contributed by atoms with E-state index in [2.05, 4.69) is 4.90 Å². The number of likely N-dealkylation sites (tertiary alicyclic amines) is 1. The summed E-state index contributed by atoms with van der Waals surface area (Å²) in [6.45, 7) is 6.29. The number of aliphatic hydroxyl groups is 1. The smallest absolute Gasteiger partial charge is 0.295 e. The number of aliphatic hydroxyl groups excluding tert-OH is 1. The average Bonchev–Trinajstić information content (AvgIpc) is 3.04. The van der Waals surface area contributed by atoms with E-state index < -0.39 is 22.7 Å². The summed E-state index contributed by atoms with van der Waals surface area (Å²) in [4.78, 5) is 40.2. The lowest BCUT2D eigenvalue weighted by Crippen LogP contribution is -2.38. The molecule has 3 rings (SSSR count). The molecule has 1 atom stereocenters. The van der Waals surface area contributed by atoms with E-state index in [1.165, 1.54) is 23.1 Å². The maximum absolute atomic E-state index is 13.0. The molecule has 0 radical (unpaired) electrons. The van der Waals surface area contributed by atoms with E-state index in [0.717, 1.165) is 13.1 Å². The van der Waals surface area contributed by atoms with Crippen molar-refractivity contribution in [2.24, 2.45) is 0 Å². The SMILES string of the molecule is CCN(CC)CCN1C(=O)C(=O)C(=C(O)c2ccc(Cl)cc2)[C@@H]1c1cccc([N+](=O)[O-])c1. The highest BCUT2D eigenvalue weighted by Crippen LogP contribution is 2.40. The van der Waals surface area contributed by atoms with Crippen LogP contribution in [0.3, 0.4) is 0 Å². The first-order chi connectivity index (χ1) is 15.3. The Morgan fingerprint density at radius 1 is 1.16 bits per heavy atom. The highest BCUT2D eigenvalue weighted by atomic mass is 35.5. The number of ketones is 1. The molecule has 8 nitrogen and oxygen atoms in total. The number of rotatable bonds is 8. The van der Waals surface area contributed by atoms with Gasteiger partial charge in [-0.15, -0.1) is 0 Å². The second-order valence-electron chi connectivity index (χ2n) is 7.38. The Balaban J connectivity index is 2.13. The molecule has 1 aliphatic rings. The van der Waals surface area contributed by atoms with Crippen molar-refractivity contribution < 1.29 is 19.6 Å². The number of benzene rings is 2. The van der Waals surface area contributed by atoms with Crippen LogP contribution in [0.5, 0.6) is 0 Å². The number of amides is 1. The lowest BCUT2D eigenvalue weighted by atomic mass is 9.95. The molecule has 9 heteroatoms. The zero-order valence-electron chi connectivity index (χ0n) is 17.8. The highest BCUT2D eigenvalue weighted by Gasteiger charge is 2.46. The summed E-state index contributed by atoms with van der Waals surface area (Å²) in [5, 5.41) is 22.8. The van der Waals surface area contributed by atoms with Crippen LogP contribution in [-0.2, 0) is 9.59 Å². The van der Waals surface area contributed by atoms with E-state index in [1.807, 2.05) is 13.8 Å². The Bertz CT molecular complexity index is 1060. The molecular weight excluding hydrogens is 434 g/mol. The van der Waals surface area contributed by atoms with Crippen LogP contribution in [0.25, 0.3) is 5.76 Å². The third-order valence-corrected chi connectivity index (χ3v) is 5.86. The van der Waals surface area contributed by atoms with Gasteiger partial charge in [-0.3, -0.25) is 19.7 Å². The van der Waals surface area contributed by atoms with Crippen LogP contribution >= 0.6 is 11.6 Å². The first kappa shape index (κ1) is 23.4. The van der Waals surface area contributed by atoms with Crippen molar-refractivity contribution in [1.82, 2.24) is 9.80 Å². The third-order valence-electron chi connectivity index (χ3n) is 5.61. The van der Waals surface area contributed by atoms with Gasteiger partial charge in [0.2, 0.25) is 0 Å². The highest BCUT2D eigenvalue weighted by molar-refractivity contribution is 6.46. The fourth-order valence-corrected chi connectivity index (χ4v) is 3.94. The molecule has 1 heterocycles. The fraction of sp³-hybridized carbons (Fsp3) is 0.304. The van der Waals surface area contributed by atoms with E-state index in [9.17, 15) is 24.8 Å². The predicted octanol–water partition coefficient (Wildman–Crippen LogP) is 4.01. The van der Waals surface area contributed by atoms with Gasteiger partial charge in [0.25, 0.3) is 17.4 Å². The van der Waals surface area contributed by atoms with Crippen molar-refractivity contribution in [3.8, 4) is 0 Å². The van der Waals surface area contributed by atoms with Gasteiger partial charge < -0.3 is 14.9 Å². The Hall–Kier alpha value is -3.23. The topological polar surface area (TPSA) is 104 Å². The summed E-state index contributed by atoms with van der Waals surface area (Å²) in [7, 11) is 0. The first-order valence-corrected chi connectivity index (χ1v) is 10.7. The summed E-state index contributed by atoms with van der Waals surface area (Å²) in [6.07, 6.45) is 0. The standard InChI is InChI=1S/C23H24ClN3O5/c1-3-25(4-2)12-13-26-20(16-6-5-7-18(14-16)27(31)32)19(22(29)23(26)30)21(28)15-8-10-17(24)11-9-15/h5-11,14,20,28H,3-4,12-13H2,1-2H3/t20-/m0/s1. The molecule has 0 saturated carbocycles. The van der Waals surface area contributed by atoms with Gasteiger partial charge in [-0.1, -0.05) is 37.6 Å². The number of hydrogen-bond acceptors (Lipinski definition) is 6. The molecule has 1 saturated heterocycles. The molecule has 168 valence electrons. The minimum absolute atomic E-state index is 0.0997. The lowest BCUT2D eigenvalue weighted by molar-refractivity contribution is -0.384. The molecule has 1 amide bonds. The summed E-state index contributed by atoms with van der Waals surface area (Å²) < 4.78 is 0. The van der Waals surface area contributed by atoms with Crippen LogP contribution in [0, 0.1) is 10.1 Å². The lowest BCUT2D eigenvalue weighted by Gasteiger charge is -2.28. The van der Waals surface area contributed by atoms with Crippen LogP contribution in [0.15, 0.2) is 54.1 Å². The minimum atomic E-state index is -0.943. The normalized spacial score (nSPS) is 17.9. The Morgan fingerprint density at radius 3 is 2.41 bits per heavy atom. The van der Waals surface area contributed by atoms with Crippen LogP contribution in [0.2, 0.25) is 5.02 Å². The minimum Gasteiger partial charge on any atom is -0.507 e. The number of nitro benzene ring substituents is 1. The van der Waals surface area contributed by atoms with Crippen LogP contribution in [-0.4, -0.2) is 57.7 Å². The van der Waals surface area contributed by atoms with Crippen LogP contribution in [0.1, 0.15) is 31.0 Å². The van der Waals surface area contributed by atoms with Crippen molar-refractivity contribution in [2.45, 2.75) is 19.9 Å². The number of carbonyl (C=O) groups is 2.